The minimum Gasteiger partial charge on any atom is -0.379 e. The molecule has 19 heteroatoms. The minimum atomic E-state index is -4.68. The van der Waals surface area contributed by atoms with Gasteiger partial charge in [-0.05, 0) is 90.0 Å². The molecule has 0 aliphatic carbocycles. The number of carbonyl (C=O) groups is 3. The first-order chi connectivity index (χ1) is 33.8. The summed E-state index contributed by atoms with van der Waals surface area (Å²) in [7, 11) is 1.87. The van der Waals surface area contributed by atoms with Crippen molar-refractivity contribution in [3.05, 3.63) is 141 Å². The lowest BCUT2D eigenvalue weighted by molar-refractivity contribution is -0.137. The van der Waals surface area contributed by atoms with Crippen molar-refractivity contribution in [1.82, 2.24) is 38.8 Å². The number of hydrogen-bond donors (Lipinski definition) is 1. The molecule has 0 saturated carbocycles. The number of halogens is 3. The number of piperazine rings is 1. The first kappa shape index (κ1) is 45.6. The molecule has 364 valence electrons. The summed E-state index contributed by atoms with van der Waals surface area (Å²) >= 11 is 0. The molecule has 70 heavy (non-hydrogen) atoms. The van der Waals surface area contributed by atoms with Crippen LogP contribution in [0.15, 0.2) is 96.3 Å². The average Bonchev–Trinajstić information content (AvgIpc) is 4.02. The van der Waals surface area contributed by atoms with Crippen molar-refractivity contribution in [2.24, 2.45) is 7.05 Å². The Labute approximate surface area is 401 Å². The molecule has 5 aliphatic heterocycles. The number of nitrogens with zero attached hydrogens (tertiary/aromatic N) is 9. The molecular formula is C51H53F3N10O6. The molecule has 3 aromatic heterocycles. The number of ether oxygens (including phenoxy) is 2. The molecule has 16 nitrogen and oxygen atoms in total. The molecule has 4 saturated heterocycles. The monoisotopic (exact) mass is 958 g/mol. The van der Waals surface area contributed by atoms with Crippen LogP contribution in [-0.4, -0.2) is 116 Å². The van der Waals surface area contributed by atoms with E-state index >= 15 is 0 Å². The van der Waals surface area contributed by atoms with Crippen LogP contribution in [0.3, 0.4) is 0 Å². The van der Waals surface area contributed by atoms with Crippen LogP contribution < -0.4 is 20.8 Å². The van der Waals surface area contributed by atoms with Gasteiger partial charge in [-0.1, -0.05) is 24.3 Å². The molecular weight excluding hydrogens is 906 g/mol. The number of piperidine rings is 2. The standard InChI is InChI=1S/C51H53F3N10O6/c1-58-32-55-57-45(58)24-50(30-69-31-50)36-3-2-4-39(23-36)62-28-44-42(51(52,53)54)21-34(26-64(44)49(62)68)25-59-15-13-40(14-16-59)70-29-33-5-7-37(8-6-33)60-17-19-61(20-18-60)38-9-10-41-35(22-38)27-63(48(41)67)43-11-12-46(65)56-47(43)66/h2-10,21-23,26,28,32,40,43H,11-20,24-25,27,29-31H2,1H3,(H,56,65,66)/t43-/m0/s1. The molecule has 0 radical (unpaired) electrons. The van der Waals surface area contributed by atoms with Crippen molar-refractivity contribution in [3.63, 3.8) is 0 Å². The Morgan fingerprint density at radius 2 is 1.57 bits per heavy atom. The molecule has 4 fully saturated rings. The predicted molar refractivity (Wildman–Crippen MR) is 252 cm³/mol. The van der Waals surface area contributed by atoms with Gasteiger partial charge in [0.15, 0.2) is 0 Å². The number of nitrogens with one attached hydrogen (secondary N) is 1. The van der Waals surface area contributed by atoms with Crippen molar-refractivity contribution in [1.29, 1.82) is 0 Å². The Hall–Kier alpha value is -6.83. The van der Waals surface area contributed by atoms with E-state index in [1.165, 1.54) is 23.0 Å². The van der Waals surface area contributed by atoms with Crippen LogP contribution in [0.4, 0.5) is 24.5 Å². The van der Waals surface area contributed by atoms with E-state index in [-0.39, 0.29) is 36.4 Å². The van der Waals surface area contributed by atoms with Gasteiger partial charge in [0.2, 0.25) is 11.8 Å². The van der Waals surface area contributed by atoms with Gasteiger partial charge in [-0.25, -0.2) is 4.79 Å². The number of carbonyl (C=O) groups excluding carboxylic acids is 3. The maximum Gasteiger partial charge on any atom is 0.418 e. The zero-order valence-corrected chi connectivity index (χ0v) is 38.7. The third-order valence-corrected chi connectivity index (χ3v) is 14.8. The molecule has 0 spiro atoms. The molecule has 6 aromatic rings. The lowest BCUT2D eigenvalue weighted by atomic mass is 9.75. The Kier molecular flexibility index (Phi) is 11.8. The van der Waals surface area contributed by atoms with Crippen LogP contribution in [0.2, 0.25) is 0 Å². The fraction of sp³-hybridized carbons (Fsp3) is 0.412. The predicted octanol–water partition coefficient (Wildman–Crippen LogP) is 5.02. The number of rotatable bonds is 12. The SMILES string of the molecule is Cn1cnnc1CC1(c2cccc(-n3cc4c(C(F)(F)F)cc(CN5CCC(OCc6ccc(N7CCN(c8ccc9c(c8)CN([C@H]8CCC(=O)NC8=O)C9=O)CC7)cc6)CC5)cn4c3=O)c2)COC1. The summed E-state index contributed by atoms with van der Waals surface area (Å²) in [5.41, 5.74) is 4.46. The summed E-state index contributed by atoms with van der Waals surface area (Å²) < 4.78 is 60.3. The van der Waals surface area contributed by atoms with Crippen LogP contribution >= 0.6 is 0 Å². The van der Waals surface area contributed by atoms with E-state index in [1.807, 2.05) is 41.9 Å². The maximum atomic E-state index is 14.7. The minimum absolute atomic E-state index is 0.00788. The molecule has 0 bridgehead atoms. The number of anilines is 2. The molecule has 8 heterocycles. The quantitative estimate of drug-likeness (QED) is 0.165. The first-order valence-corrected chi connectivity index (χ1v) is 23.8. The number of imidazole rings is 1. The Balaban J connectivity index is 0.675. The molecule has 3 aromatic carbocycles. The fourth-order valence-corrected chi connectivity index (χ4v) is 10.7. The van der Waals surface area contributed by atoms with Crippen molar-refractivity contribution in [2.75, 3.05) is 62.3 Å². The highest BCUT2D eigenvalue weighted by atomic mass is 19.4. The summed E-state index contributed by atoms with van der Waals surface area (Å²) in [6, 6.07) is 22.2. The zero-order valence-electron chi connectivity index (χ0n) is 38.7. The van der Waals surface area contributed by atoms with Crippen LogP contribution in [0.25, 0.3) is 11.2 Å². The second-order valence-corrected chi connectivity index (χ2v) is 19.3. The number of amides is 3. The van der Waals surface area contributed by atoms with Crippen molar-refractivity contribution < 1.29 is 37.0 Å². The lowest BCUT2D eigenvalue weighted by Crippen LogP contribution is -2.52. The van der Waals surface area contributed by atoms with E-state index in [2.05, 4.69) is 60.5 Å². The Morgan fingerprint density at radius 3 is 2.26 bits per heavy atom. The van der Waals surface area contributed by atoms with Gasteiger partial charge >= 0.3 is 11.9 Å². The Bertz CT molecular complexity index is 3040. The number of benzene rings is 3. The highest BCUT2D eigenvalue weighted by Crippen LogP contribution is 2.38. The number of hydrogen-bond acceptors (Lipinski definition) is 11. The second kappa shape index (κ2) is 18.2. The summed E-state index contributed by atoms with van der Waals surface area (Å²) in [6.45, 7) is 6.48. The number of alkyl halides is 3. The zero-order chi connectivity index (χ0) is 48.3. The molecule has 5 aliphatic rings. The van der Waals surface area contributed by atoms with E-state index in [0.717, 1.165) is 77.3 Å². The number of likely N-dealkylation sites (tertiary alicyclic amines) is 1. The van der Waals surface area contributed by atoms with Crippen LogP contribution in [0.5, 0.6) is 0 Å². The summed E-state index contributed by atoms with van der Waals surface area (Å²) in [5.74, 6) is -0.108. The average molecular weight is 959 g/mol. The highest BCUT2D eigenvalue weighted by molar-refractivity contribution is 6.05. The number of aryl methyl sites for hydroxylation is 1. The van der Waals surface area contributed by atoms with Crippen LogP contribution in [0, 0.1) is 0 Å². The molecule has 1 N–H and O–H groups in total. The van der Waals surface area contributed by atoms with Gasteiger partial charge in [-0.2, -0.15) is 13.2 Å². The summed E-state index contributed by atoms with van der Waals surface area (Å²) in [4.78, 5) is 59.6. The van der Waals surface area contributed by atoms with Gasteiger partial charge in [0, 0.05) is 107 Å². The molecule has 11 rings (SSSR count). The molecule has 1 atom stereocenters. The number of aromatic nitrogens is 5. The topological polar surface area (TPSA) is 152 Å². The largest absolute Gasteiger partial charge is 0.418 e. The smallest absolute Gasteiger partial charge is 0.379 e. The third-order valence-electron chi connectivity index (χ3n) is 14.8. The van der Waals surface area contributed by atoms with Crippen LogP contribution in [0.1, 0.15) is 69.7 Å². The van der Waals surface area contributed by atoms with E-state index in [9.17, 15) is 32.3 Å². The van der Waals surface area contributed by atoms with Gasteiger partial charge < -0.3 is 28.7 Å². The molecule has 3 amide bonds. The van der Waals surface area contributed by atoms with E-state index in [0.29, 0.717) is 69.1 Å². The molecule has 0 unspecified atom stereocenters. The van der Waals surface area contributed by atoms with Gasteiger partial charge in [0.05, 0.1) is 42.7 Å². The normalized spacial score (nSPS) is 20.0. The Morgan fingerprint density at radius 1 is 0.829 bits per heavy atom. The highest BCUT2D eigenvalue weighted by Gasteiger charge is 2.43. The summed E-state index contributed by atoms with van der Waals surface area (Å²) in [6.07, 6.45) is 2.35. The number of pyridine rings is 1. The fourth-order valence-electron chi connectivity index (χ4n) is 10.7. The third kappa shape index (κ3) is 8.74. The second-order valence-electron chi connectivity index (χ2n) is 19.3. The number of fused-ring (bicyclic) bond motifs is 2. The first-order valence-electron chi connectivity index (χ1n) is 23.8. The summed E-state index contributed by atoms with van der Waals surface area (Å²) in [5, 5.41) is 10.6. The van der Waals surface area contributed by atoms with Crippen molar-refractivity contribution in [2.45, 2.75) is 75.5 Å². The van der Waals surface area contributed by atoms with Crippen molar-refractivity contribution in [3.8, 4) is 5.69 Å². The van der Waals surface area contributed by atoms with E-state index < -0.39 is 34.8 Å². The van der Waals surface area contributed by atoms with Gasteiger partial charge in [-0.3, -0.25) is 33.6 Å². The number of imide groups is 1. The van der Waals surface area contributed by atoms with Crippen molar-refractivity contribution >= 4 is 34.6 Å². The van der Waals surface area contributed by atoms with Gasteiger partial charge in [0.1, 0.15) is 18.2 Å². The van der Waals surface area contributed by atoms with Gasteiger partial charge in [0.25, 0.3) is 5.91 Å². The maximum absolute atomic E-state index is 14.7. The van der Waals surface area contributed by atoms with E-state index in [4.69, 9.17) is 9.47 Å². The lowest BCUT2D eigenvalue weighted by Gasteiger charge is -2.41. The van der Waals surface area contributed by atoms with Crippen LogP contribution in [-0.2, 0) is 63.8 Å². The van der Waals surface area contributed by atoms with Gasteiger partial charge in [-0.15, -0.1) is 10.2 Å². The van der Waals surface area contributed by atoms with E-state index in [1.54, 1.807) is 17.3 Å².